The highest BCUT2D eigenvalue weighted by Gasteiger charge is 2.29. The SMILES string of the molecule is CN(C)C1CCN(C(=O)c2nc3c(N4CCOCC4)cc(-c4cnn(C)c4)nc3n2C)CC1. The molecule has 2 fully saturated rings. The number of rotatable bonds is 4. The molecule has 3 aromatic heterocycles. The summed E-state index contributed by atoms with van der Waals surface area (Å²) in [4.78, 5) is 29.7. The van der Waals surface area contributed by atoms with Gasteiger partial charge in [0.1, 0.15) is 5.52 Å². The number of hydrogen-bond donors (Lipinski definition) is 0. The van der Waals surface area contributed by atoms with Crippen molar-refractivity contribution in [3.05, 3.63) is 24.3 Å². The number of carbonyl (C=O) groups is 1. The Kier molecular flexibility index (Phi) is 5.79. The Morgan fingerprint density at radius 2 is 1.82 bits per heavy atom. The van der Waals surface area contributed by atoms with Crippen molar-refractivity contribution in [1.82, 2.24) is 34.1 Å². The maximum Gasteiger partial charge on any atom is 0.289 e. The van der Waals surface area contributed by atoms with Crippen LogP contribution >= 0.6 is 0 Å². The Bertz CT molecular complexity index is 1150. The minimum atomic E-state index is -0.0245. The lowest BCUT2D eigenvalue weighted by molar-refractivity contribution is 0.0648. The maximum atomic E-state index is 13.5. The van der Waals surface area contributed by atoms with Crippen LogP contribution < -0.4 is 4.90 Å². The van der Waals surface area contributed by atoms with Crippen LogP contribution in [0.5, 0.6) is 0 Å². The molecule has 3 aromatic rings. The zero-order valence-electron chi connectivity index (χ0n) is 19.9. The number of morpholine rings is 1. The van der Waals surface area contributed by atoms with Crippen molar-refractivity contribution in [2.75, 3.05) is 58.4 Å². The molecule has 2 aliphatic rings. The molecule has 0 unspecified atom stereocenters. The Labute approximate surface area is 193 Å². The third-order valence-electron chi connectivity index (χ3n) is 6.83. The highest BCUT2D eigenvalue weighted by atomic mass is 16.5. The molecule has 2 saturated heterocycles. The fourth-order valence-electron chi connectivity index (χ4n) is 4.80. The van der Waals surface area contributed by atoms with E-state index >= 15 is 0 Å². The van der Waals surface area contributed by atoms with Gasteiger partial charge in [-0.3, -0.25) is 9.48 Å². The number of fused-ring (bicyclic) bond motifs is 1. The van der Waals surface area contributed by atoms with E-state index in [2.05, 4.69) is 35.1 Å². The third kappa shape index (κ3) is 4.08. The summed E-state index contributed by atoms with van der Waals surface area (Å²) in [5.74, 6) is 0.419. The summed E-state index contributed by atoms with van der Waals surface area (Å²) >= 11 is 0. The first-order chi connectivity index (χ1) is 15.9. The van der Waals surface area contributed by atoms with Crippen molar-refractivity contribution in [1.29, 1.82) is 0 Å². The largest absolute Gasteiger partial charge is 0.378 e. The van der Waals surface area contributed by atoms with E-state index in [0.717, 1.165) is 61.5 Å². The molecule has 0 radical (unpaired) electrons. The first-order valence-electron chi connectivity index (χ1n) is 11.6. The number of piperidine rings is 1. The zero-order valence-corrected chi connectivity index (χ0v) is 19.9. The van der Waals surface area contributed by atoms with E-state index in [-0.39, 0.29) is 5.91 Å². The number of imidazole rings is 1. The second kappa shape index (κ2) is 8.75. The molecule has 176 valence electrons. The first kappa shape index (κ1) is 21.8. The van der Waals surface area contributed by atoms with Crippen molar-refractivity contribution in [3.8, 4) is 11.3 Å². The maximum absolute atomic E-state index is 13.5. The van der Waals surface area contributed by atoms with E-state index in [4.69, 9.17) is 14.7 Å². The predicted molar refractivity (Wildman–Crippen MR) is 126 cm³/mol. The van der Waals surface area contributed by atoms with Crippen molar-refractivity contribution >= 4 is 22.8 Å². The summed E-state index contributed by atoms with van der Waals surface area (Å²) < 4.78 is 9.18. The Morgan fingerprint density at radius 3 is 2.45 bits per heavy atom. The van der Waals surface area contributed by atoms with Gasteiger partial charge in [-0.15, -0.1) is 0 Å². The molecule has 0 aromatic carbocycles. The van der Waals surface area contributed by atoms with Gasteiger partial charge in [0.25, 0.3) is 5.91 Å². The first-order valence-corrected chi connectivity index (χ1v) is 11.6. The molecule has 5 heterocycles. The van der Waals surface area contributed by atoms with Crippen LogP contribution in [0.2, 0.25) is 0 Å². The Morgan fingerprint density at radius 1 is 1.09 bits per heavy atom. The van der Waals surface area contributed by atoms with Crippen LogP contribution in [-0.4, -0.2) is 99.6 Å². The summed E-state index contributed by atoms with van der Waals surface area (Å²) in [6, 6.07) is 2.58. The standard InChI is InChI=1S/C23H32N8O2/c1-27(2)17-5-7-31(8-6-17)23(32)22-26-20-19(30-9-11-33-12-10-30)13-18(25-21(20)29(22)4)16-14-24-28(3)15-16/h13-15,17H,5-12H2,1-4H3. The minimum Gasteiger partial charge on any atom is -0.378 e. The summed E-state index contributed by atoms with van der Waals surface area (Å²) in [5, 5.41) is 4.31. The Balaban J connectivity index is 1.54. The van der Waals surface area contributed by atoms with Gasteiger partial charge in [0.2, 0.25) is 5.82 Å². The van der Waals surface area contributed by atoms with Gasteiger partial charge >= 0.3 is 0 Å². The highest BCUT2D eigenvalue weighted by molar-refractivity contribution is 5.98. The number of aryl methyl sites for hydroxylation is 2. The van der Waals surface area contributed by atoms with Crippen LogP contribution in [-0.2, 0) is 18.8 Å². The monoisotopic (exact) mass is 452 g/mol. The fourth-order valence-corrected chi connectivity index (χ4v) is 4.80. The molecular weight excluding hydrogens is 420 g/mol. The van der Waals surface area contributed by atoms with Gasteiger partial charge in [0.15, 0.2) is 5.65 Å². The molecule has 0 aliphatic carbocycles. The van der Waals surface area contributed by atoms with Gasteiger partial charge < -0.3 is 24.0 Å². The molecule has 10 heteroatoms. The number of anilines is 1. The average molecular weight is 453 g/mol. The molecule has 0 atom stereocenters. The third-order valence-corrected chi connectivity index (χ3v) is 6.83. The number of pyridine rings is 1. The zero-order chi connectivity index (χ0) is 23.1. The number of aromatic nitrogens is 5. The summed E-state index contributed by atoms with van der Waals surface area (Å²) in [7, 11) is 7.99. The van der Waals surface area contributed by atoms with Gasteiger partial charge in [0, 0.05) is 58.1 Å². The van der Waals surface area contributed by atoms with Gasteiger partial charge in [-0.1, -0.05) is 0 Å². The quantitative estimate of drug-likeness (QED) is 0.591. The van der Waals surface area contributed by atoms with Crippen LogP contribution in [0.15, 0.2) is 18.5 Å². The number of amides is 1. The molecule has 10 nitrogen and oxygen atoms in total. The summed E-state index contributed by atoms with van der Waals surface area (Å²) in [6.07, 6.45) is 5.72. The smallest absolute Gasteiger partial charge is 0.289 e. The van der Waals surface area contributed by atoms with Crippen LogP contribution in [0.4, 0.5) is 5.69 Å². The number of nitrogens with zero attached hydrogens (tertiary/aromatic N) is 8. The van der Waals surface area contributed by atoms with Crippen molar-refractivity contribution in [2.24, 2.45) is 14.1 Å². The van der Waals surface area contributed by atoms with Gasteiger partial charge in [-0.2, -0.15) is 5.10 Å². The molecule has 0 spiro atoms. The highest BCUT2D eigenvalue weighted by Crippen LogP contribution is 2.32. The van der Waals surface area contributed by atoms with Gasteiger partial charge in [0.05, 0.1) is 30.8 Å². The van der Waals surface area contributed by atoms with Gasteiger partial charge in [-0.25, -0.2) is 9.97 Å². The predicted octanol–water partition coefficient (Wildman–Crippen LogP) is 1.37. The fraction of sp³-hybridized carbons (Fsp3) is 0.565. The molecule has 2 aliphatic heterocycles. The lowest BCUT2D eigenvalue weighted by atomic mass is 10.0. The number of likely N-dealkylation sites (tertiary alicyclic amines) is 1. The van der Waals surface area contributed by atoms with Crippen molar-refractivity contribution in [3.63, 3.8) is 0 Å². The van der Waals surface area contributed by atoms with E-state index in [1.54, 1.807) is 4.68 Å². The number of hydrogen-bond acceptors (Lipinski definition) is 7. The average Bonchev–Trinajstić information content (AvgIpc) is 3.42. The molecule has 0 N–H and O–H groups in total. The topological polar surface area (TPSA) is 84.5 Å². The summed E-state index contributed by atoms with van der Waals surface area (Å²) in [6.45, 7) is 4.40. The van der Waals surface area contributed by atoms with Crippen LogP contribution in [0.3, 0.4) is 0 Å². The molecule has 0 saturated carbocycles. The van der Waals surface area contributed by atoms with E-state index in [0.29, 0.717) is 30.7 Å². The van der Waals surface area contributed by atoms with Crippen molar-refractivity contribution in [2.45, 2.75) is 18.9 Å². The molecule has 5 rings (SSSR count). The lowest BCUT2D eigenvalue weighted by Gasteiger charge is -2.34. The summed E-state index contributed by atoms with van der Waals surface area (Å²) in [5.41, 5.74) is 4.23. The number of ether oxygens (including phenoxy) is 1. The van der Waals surface area contributed by atoms with E-state index < -0.39 is 0 Å². The van der Waals surface area contributed by atoms with Crippen LogP contribution in [0, 0.1) is 0 Å². The molecule has 33 heavy (non-hydrogen) atoms. The number of carbonyl (C=O) groups excluding carboxylic acids is 1. The van der Waals surface area contributed by atoms with E-state index in [1.807, 2.05) is 36.0 Å². The minimum absolute atomic E-state index is 0.0245. The lowest BCUT2D eigenvalue weighted by Crippen LogP contribution is -2.45. The second-order valence-corrected chi connectivity index (χ2v) is 9.18. The molecule has 1 amide bonds. The van der Waals surface area contributed by atoms with Crippen LogP contribution in [0.1, 0.15) is 23.5 Å². The van der Waals surface area contributed by atoms with E-state index in [9.17, 15) is 4.79 Å². The van der Waals surface area contributed by atoms with Crippen LogP contribution in [0.25, 0.3) is 22.4 Å². The van der Waals surface area contributed by atoms with E-state index in [1.165, 1.54) is 0 Å². The second-order valence-electron chi connectivity index (χ2n) is 9.18. The van der Waals surface area contributed by atoms with Crippen molar-refractivity contribution < 1.29 is 9.53 Å². The normalized spacial score (nSPS) is 18.0. The molecule has 0 bridgehead atoms. The molecular formula is C23H32N8O2. The van der Waals surface area contributed by atoms with Gasteiger partial charge in [-0.05, 0) is 33.0 Å². The Hall–Kier alpha value is -2.98.